The average molecular weight is 491 g/mol. The molecule has 7 heteroatoms. The lowest BCUT2D eigenvalue weighted by Gasteiger charge is -2.24. The average Bonchev–Trinajstić information content (AvgIpc) is 3.26. The Balaban J connectivity index is 1.17. The Hall–Kier alpha value is -3.35. The van der Waals surface area contributed by atoms with E-state index in [0.29, 0.717) is 32.1 Å². The number of nitrogens with zero attached hydrogens (tertiary/aromatic N) is 3. The number of hydrogen-bond donors (Lipinski definition) is 1. The van der Waals surface area contributed by atoms with Crippen LogP contribution in [-0.2, 0) is 16.1 Å². The van der Waals surface area contributed by atoms with Crippen molar-refractivity contribution in [2.45, 2.75) is 71.3 Å². The number of aliphatic imine (C=N–C) groups is 1. The molecule has 192 valence electrons. The summed E-state index contributed by atoms with van der Waals surface area (Å²) in [5, 5.41) is 2.80. The molecule has 1 N–H and O–H groups in total. The predicted octanol–water partition coefficient (Wildman–Crippen LogP) is 5.56. The van der Waals surface area contributed by atoms with E-state index >= 15 is 0 Å². The van der Waals surface area contributed by atoms with Gasteiger partial charge in [-0.25, -0.2) is 4.99 Å². The second-order valence-electron chi connectivity index (χ2n) is 9.55. The van der Waals surface area contributed by atoms with Gasteiger partial charge in [-0.15, -0.1) is 0 Å². The van der Waals surface area contributed by atoms with Crippen LogP contribution in [0.5, 0.6) is 5.75 Å². The van der Waals surface area contributed by atoms with Crippen molar-refractivity contribution in [2.24, 2.45) is 4.99 Å². The molecular formula is C29H38N4O3. The molecule has 2 amide bonds. The molecule has 2 heterocycles. The van der Waals surface area contributed by atoms with Gasteiger partial charge in [0.2, 0.25) is 17.8 Å². The van der Waals surface area contributed by atoms with Crippen LogP contribution >= 0.6 is 0 Å². The van der Waals surface area contributed by atoms with Gasteiger partial charge in [0.25, 0.3) is 0 Å². The fraction of sp³-hybridized carbons (Fsp3) is 0.483. The summed E-state index contributed by atoms with van der Waals surface area (Å²) < 4.78 is 6.09. The van der Waals surface area contributed by atoms with Gasteiger partial charge >= 0.3 is 0 Å². The van der Waals surface area contributed by atoms with Crippen molar-refractivity contribution in [2.75, 3.05) is 24.6 Å². The Morgan fingerprint density at radius 2 is 1.78 bits per heavy atom. The number of carbonyl (C=O) groups is 2. The van der Waals surface area contributed by atoms with E-state index in [9.17, 15) is 9.59 Å². The van der Waals surface area contributed by atoms with Crippen molar-refractivity contribution >= 4 is 29.1 Å². The molecule has 0 aromatic heterocycles. The number of carbonyl (C=O) groups excluding carboxylic acids is 2. The highest BCUT2D eigenvalue weighted by atomic mass is 16.5. The molecule has 36 heavy (non-hydrogen) atoms. The SMILES string of the molecule is CCCCCCN(C(=O)CCCCCCOc1cccc2c1CN1CC(=O)NC1=N2)c1ccccc1. The number of amides is 2. The van der Waals surface area contributed by atoms with Gasteiger partial charge in [0.15, 0.2) is 0 Å². The van der Waals surface area contributed by atoms with Crippen LogP contribution in [0.2, 0.25) is 0 Å². The Labute approximate surface area is 214 Å². The van der Waals surface area contributed by atoms with Crippen molar-refractivity contribution in [3.8, 4) is 5.75 Å². The number of guanidine groups is 1. The second-order valence-corrected chi connectivity index (χ2v) is 9.55. The van der Waals surface area contributed by atoms with E-state index in [2.05, 4.69) is 17.2 Å². The van der Waals surface area contributed by atoms with E-state index in [-0.39, 0.29) is 11.8 Å². The van der Waals surface area contributed by atoms with Gasteiger partial charge in [-0.1, -0.05) is 63.3 Å². The van der Waals surface area contributed by atoms with Crippen LogP contribution in [-0.4, -0.2) is 42.4 Å². The molecule has 4 rings (SSSR count). The first-order valence-electron chi connectivity index (χ1n) is 13.4. The van der Waals surface area contributed by atoms with Crippen molar-refractivity contribution in [3.05, 3.63) is 54.1 Å². The number of rotatable bonds is 14. The maximum Gasteiger partial charge on any atom is 0.246 e. The monoisotopic (exact) mass is 490 g/mol. The van der Waals surface area contributed by atoms with Crippen molar-refractivity contribution in [1.82, 2.24) is 10.2 Å². The summed E-state index contributed by atoms with van der Waals surface area (Å²) in [5.74, 6) is 1.67. The summed E-state index contributed by atoms with van der Waals surface area (Å²) in [4.78, 5) is 33.1. The molecule has 0 spiro atoms. The molecule has 2 aromatic rings. The Morgan fingerprint density at radius 1 is 0.972 bits per heavy atom. The third kappa shape index (κ3) is 6.86. The zero-order valence-electron chi connectivity index (χ0n) is 21.4. The van der Waals surface area contributed by atoms with Gasteiger partial charge in [0.1, 0.15) is 12.3 Å². The van der Waals surface area contributed by atoms with E-state index in [1.165, 1.54) is 12.8 Å². The maximum atomic E-state index is 13.0. The van der Waals surface area contributed by atoms with Crippen LogP contribution < -0.4 is 15.0 Å². The molecule has 0 aliphatic carbocycles. The summed E-state index contributed by atoms with van der Waals surface area (Å²) >= 11 is 0. The minimum absolute atomic E-state index is 0.0223. The fourth-order valence-electron chi connectivity index (χ4n) is 4.73. The van der Waals surface area contributed by atoms with E-state index < -0.39 is 0 Å². The molecule has 0 atom stereocenters. The normalized spacial score (nSPS) is 14.1. The van der Waals surface area contributed by atoms with Gasteiger partial charge in [-0.2, -0.15) is 0 Å². The van der Waals surface area contributed by atoms with Crippen molar-refractivity contribution < 1.29 is 14.3 Å². The number of unbranched alkanes of at least 4 members (excludes halogenated alkanes) is 6. The van der Waals surface area contributed by atoms with Crippen LogP contribution in [0.1, 0.15) is 70.3 Å². The molecule has 2 aliphatic heterocycles. The summed E-state index contributed by atoms with van der Waals surface area (Å²) in [6.07, 6.45) is 9.08. The quantitative estimate of drug-likeness (QED) is 0.352. The number of anilines is 1. The van der Waals surface area contributed by atoms with E-state index in [1.807, 2.05) is 58.3 Å². The topological polar surface area (TPSA) is 74.2 Å². The van der Waals surface area contributed by atoms with Gasteiger partial charge in [-0.3, -0.25) is 14.9 Å². The number of para-hydroxylation sites is 1. The molecule has 1 fully saturated rings. The fourth-order valence-corrected chi connectivity index (χ4v) is 4.73. The highest BCUT2D eigenvalue weighted by Crippen LogP contribution is 2.34. The molecule has 1 saturated heterocycles. The third-order valence-corrected chi connectivity index (χ3v) is 6.72. The van der Waals surface area contributed by atoms with E-state index in [1.54, 1.807) is 0 Å². The molecule has 0 unspecified atom stereocenters. The number of benzene rings is 2. The van der Waals surface area contributed by atoms with Gasteiger partial charge in [0.05, 0.1) is 18.8 Å². The smallest absolute Gasteiger partial charge is 0.246 e. The Bertz CT molecular complexity index is 1050. The van der Waals surface area contributed by atoms with Crippen LogP contribution in [0.15, 0.2) is 53.5 Å². The Morgan fingerprint density at radius 3 is 2.61 bits per heavy atom. The third-order valence-electron chi connectivity index (χ3n) is 6.72. The maximum absolute atomic E-state index is 13.0. The van der Waals surface area contributed by atoms with Gasteiger partial charge < -0.3 is 14.5 Å². The number of nitrogens with one attached hydrogen (secondary N) is 1. The first-order valence-corrected chi connectivity index (χ1v) is 13.4. The molecule has 2 aromatic carbocycles. The predicted molar refractivity (Wildman–Crippen MR) is 144 cm³/mol. The number of hydrogen-bond acceptors (Lipinski definition) is 5. The van der Waals surface area contributed by atoms with Crippen LogP contribution in [0.25, 0.3) is 0 Å². The molecule has 0 radical (unpaired) electrons. The van der Waals surface area contributed by atoms with Crippen LogP contribution in [0.3, 0.4) is 0 Å². The number of fused-ring (bicyclic) bond motifs is 2. The lowest BCUT2D eigenvalue weighted by molar-refractivity contribution is -0.119. The van der Waals surface area contributed by atoms with Crippen LogP contribution in [0, 0.1) is 0 Å². The summed E-state index contributed by atoms with van der Waals surface area (Å²) in [6, 6.07) is 15.9. The van der Waals surface area contributed by atoms with E-state index in [4.69, 9.17) is 4.74 Å². The number of ether oxygens (including phenoxy) is 1. The highest BCUT2D eigenvalue weighted by Gasteiger charge is 2.30. The molecule has 7 nitrogen and oxygen atoms in total. The molecule has 2 aliphatic rings. The van der Waals surface area contributed by atoms with Gasteiger partial charge in [0, 0.05) is 24.2 Å². The van der Waals surface area contributed by atoms with Crippen LogP contribution in [0.4, 0.5) is 11.4 Å². The largest absolute Gasteiger partial charge is 0.493 e. The zero-order valence-corrected chi connectivity index (χ0v) is 21.4. The second kappa shape index (κ2) is 13.1. The minimum atomic E-state index is -0.0223. The lowest BCUT2D eigenvalue weighted by atomic mass is 10.1. The van der Waals surface area contributed by atoms with Gasteiger partial charge in [-0.05, 0) is 43.5 Å². The summed E-state index contributed by atoms with van der Waals surface area (Å²) in [6.45, 7) is 4.60. The van der Waals surface area contributed by atoms with Crippen molar-refractivity contribution in [1.29, 1.82) is 0 Å². The first kappa shape index (κ1) is 25.7. The van der Waals surface area contributed by atoms with Crippen molar-refractivity contribution in [3.63, 3.8) is 0 Å². The van der Waals surface area contributed by atoms with E-state index in [0.717, 1.165) is 67.8 Å². The zero-order chi connectivity index (χ0) is 25.2. The minimum Gasteiger partial charge on any atom is -0.493 e. The summed E-state index contributed by atoms with van der Waals surface area (Å²) in [7, 11) is 0. The Kier molecular flexibility index (Phi) is 9.36. The molecule has 0 saturated carbocycles. The standard InChI is InChI=1S/C29H38N4O3/c1-2-3-4-11-19-33(23-14-8-7-9-15-23)28(35)18-10-5-6-12-20-36-26-17-13-16-25-24(26)21-32-22-27(34)31-29(32)30-25/h7-9,13-17H,2-6,10-12,18-22H2,1H3,(H,30,31,34). The first-order chi connectivity index (χ1) is 17.7. The molecule has 0 bridgehead atoms. The lowest BCUT2D eigenvalue weighted by Crippen LogP contribution is -2.32. The highest BCUT2D eigenvalue weighted by molar-refractivity contribution is 6.06. The molecular weight excluding hydrogens is 452 g/mol. The summed E-state index contributed by atoms with van der Waals surface area (Å²) in [5.41, 5.74) is 2.89.